The Morgan fingerprint density at radius 3 is 2.36 bits per heavy atom. The summed E-state index contributed by atoms with van der Waals surface area (Å²) >= 11 is 0. The number of aryl methyl sites for hydroxylation is 1. The first-order valence-electron chi connectivity index (χ1n) is 8.98. The molecule has 25 heavy (non-hydrogen) atoms. The number of carbonyl (C=O) groups is 1. The Kier molecular flexibility index (Phi) is 6.63. The average Bonchev–Trinajstić information content (AvgIpc) is 2.59. The summed E-state index contributed by atoms with van der Waals surface area (Å²) in [4.78, 5) is 12.4. The Bertz CT molecular complexity index is 694. The lowest BCUT2D eigenvalue weighted by atomic mass is 10.0. The van der Waals surface area contributed by atoms with Crippen LogP contribution in [0.2, 0.25) is 0 Å². The van der Waals surface area contributed by atoms with Crippen LogP contribution >= 0.6 is 0 Å². The van der Waals surface area contributed by atoms with Gasteiger partial charge in [-0.05, 0) is 48.4 Å². The molecular formula is C22H29NO2. The molecule has 0 aliphatic rings. The Morgan fingerprint density at radius 1 is 1.04 bits per heavy atom. The second-order valence-corrected chi connectivity index (χ2v) is 7.01. The van der Waals surface area contributed by atoms with Crippen LogP contribution in [0, 0.1) is 6.92 Å². The van der Waals surface area contributed by atoms with Gasteiger partial charge in [-0.15, -0.1) is 0 Å². The molecule has 3 nitrogen and oxygen atoms in total. The zero-order valence-electron chi connectivity index (χ0n) is 15.9. The number of ether oxygens (including phenoxy) is 1. The summed E-state index contributed by atoms with van der Waals surface area (Å²) in [6, 6.07) is 16.4. The van der Waals surface area contributed by atoms with Crippen LogP contribution < -0.4 is 10.1 Å². The van der Waals surface area contributed by atoms with Crippen LogP contribution in [0.15, 0.2) is 48.5 Å². The topological polar surface area (TPSA) is 38.3 Å². The Balaban J connectivity index is 1.96. The highest BCUT2D eigenvalue weighted by Crippen LogP contribution is 2.28. The first kappa shape index (κ1) is 19.0. The maximum atomic E-state index is 12.4. The number of carbonyl (C=O) groups excluding carboxylic acids is 1. The van der Waals surface area contributed by atoms with Crippen molar-refractivity contribution in [1.82, 2.24) is 5.32 Å². The number of hydrogen-bond acceptors (Lipinski definition) is 2. The van der Waals surface area contributed by atoms with Crippen molar-refractivity contribution < 1.29 is 9.53 Å². The fraction of sp³-hybridized carbons (Fsp3) is 0.409. The Morgan fingerprint density at radius 2 is 1.72 bits per heavy atom. The Labute approximate surface area is 151 Å². The molecule has 2 aromatic carbocycles. The molecule has 0 saturated carbocycles. The van der Waals surface area contributed by atoms with Crippen molar-refractivity contribution in [3.05, 3.63) is 65.2 Å². The molecule has 0 bridgehead atoms. The van der Waals surface area contributed by atoms with E-state index in [2.05, 4.69) is 50.4 Å². The molecule has 0 aliphatic heterocycles. The van der Waals surface area contributed by atoms with E-state index in [1.54, 1.807) is 6.92 Å². The quantitative estimate of drug-likeness (QED) is 0.786. The summed E-state index contributed by atoms with van der Waals surface area (Å²) in [5.41, 5.74) is 3.48. The lowest BCUT2D eigenvalue weighted by molar-refractivity contribution is -0.127. The zero-order valence-corrected chi connectivity index (χ0v) is 15.9. The van der Waals surface area contributed by atoms with Gasteiger partial charge in [-0.25, -0.2) is 0 Å². The van der Waals surface area contributed by atoms with Gasteiger partial charge in [0, 0.05) is 6.54 Å². The van der Waals surface area contributed by atoms with Crippen molar-refractivity contribution in [2.75, 3.05) is 6.54 Å². The fourth-order valence-corrected chi connectivity index (χ4v) is 2.76. The molecule has 0 unspecified atom stereocenters. The fourth-order valence-electron chi connectivity index (χ4n) is 2.76. The van der Waals surface area contributed by atoms with Crippen LogP contribution in [-0.2, 0) is 4.79 Å². The lowest BCUT2D eigenvalue weighted by Gasteiger charge is -2.20. The first-order valence-corrected chi connectivity index (χ1v) is 8.98. The summed E-state index contributed by atoms with van der Waals surface area (Å²) < 4.78 is 5.98. The van der Waals surface area contributed by atoms with Crippen LogP contribution in [0.4, 0.5) is 0 Å². The van der Waals surface area contributed by atoms with Gasteiger partial charge in [0.2, 0.25) is 0 Å². The van der Waals surface area contributed by atoms with Gasteiger partial charge >= 0.3 is 0 Å². The SMILES string of the molecule is Cc1ccc(C(C)C)c(O[C@@H](C)C(=O)NC[C@H](C)c2ccccc2)c1. The van der Waals surface area contributed by atoms with Gasteiger partial charge in [-0.1, -0.05) is 63.2 Å². The highest BCUT2D eigenvalue weighted by molar-refractivity contribution is 5.80. The van der Waals surface area contributed by atoms with Gasteiger partial charge in [0.15, 0.2) is 6.10 Å². The number of amides is 1. The second-order valence-electron chi connectivity index (χ2n) is 7.01. The van der Waals surface area contributed by atoms with Crippen LogP contribution in [0.1, 0.15) is 56.2 Å². The lowest BCUT2D eigenvalue weighted by Crippen LogP contribution is -2.38. The third kappa shape index (κ3) is 5.35. The van der Waals surface area contributed by atoms with Crippen molar-refractivity contribution in [2.45, 2.75) is 52.6 Å². The number of hydrogen-bond donors (Lipinski definition) is 1. The molecule has 2 rings (SSSR count). The van der Waals surface area contributed by atoms with Crippen molar-refractivity contribution >= 4 is 5.91 Å². The van der Waals surface area contributed by atoms with Crippen molar-refractivity contribution in [1.29, 1.82) is 0 Å². The molecule has 134 valence electrons. The van der Waals surface area contributed by atoms with E-state index in [4.69, 9.17) is 4.74 Å². The smallest absolute Gasteiger partial charge is 0.260 e. The monoisotopic (exact) mass is 339 g/mol. The maximum Gasteiger partial charge on any atom is 0.260 e. The molecule has 0 saturated heterocycles. The molecule has 1 amide bonds. The Hall–Kier alpha value is -2.29. The van der Waals surface area contributed by atoms with Crippen LogP contribution in [0.3, 0.4) is 0 Å². The molecule has 0 fully saturated rings. The third-order valence-corrected chi connectivity index (χ3v) is 4.42. The minimum absolute atomic E-state index is 0.0843. The van der Waals surface area contributed by atoms with Gasteiger partial charge in [0.1, 0.15) is 5.75 Å². The molecule has 0 radical (unpaired) electrons. The molecule has 3 heteroatoms. The van der Waals surface area contributed by atoms with Gasteiger partial charge < -0.3 is 10.1 Å². The maximum absolute atomic E-state index is 12.4. The number of rotatable bonds is 7. The van der Waals surface area contributed by atoms with E-state index in [1.165, 1.54) is 5.56 Å². The predicted octanol–water partition coefficient (Wildman–Crippen LogP) is 4.81. The third-order valence-electron chi connectivity index (χ3n) is 4.42. The van der Waals surface area contributed by atoms with Crippen LogP contribution in [0.5, 0.6) is 5.75 Å². The van der Waals surface area contributed by atoms with Gasteiger partial charge in [0.25, 0.3) is 5.91 Å². The van der Waals surface area contributed by atoms with Crippen molar-refractivity contribution in [3.8, 4) is 5.75 Å². The molecule has 2 atom stereocenters. The van der Waals surface area contributed by atoms with E-state index in [0.29, 0.717) is 12.5 Å². The highest BCUT2D eigenvalue weighted by atomic mass is 16.5. The standard InChI is InChI=1S/C22H29NO2/c1-15(2)20-12-11-16(3)13-21(20)25-18(5)22(24)23-14-17(4)19-9-7-6-8-10-19/h6-13,15,17-18H,14H2,1-5H3,(H,23,24)/t17-,18-/m0/s1. The molecule has 0 aromatic heterocycles. The minimum atomic E-state index is -0.526. The van der Waals surface area contributed by atoms with Crippen LogP contribution in [0.25, 0.3) is 0 Å². The summed E-state index contributed by atoms with van der Waals surface area (Å²) in [5, 5.41) is 3.00. The molecule has 2 aromatic rings. The summed E-state index contributed by atoms with van der Waals surface area (Å²) in [6.07, 6.45) is -0.526. The van der Waals surface area contributed by atoms with Crippen molar-refractivity contribution in [2.24, 2.45) is 0 Å². The van der Waals surface area contributed by atoms with Gasteiger partial charge in [0.05, 0.1) is 0 Å². The molecule has 0 spiro atoms. The summed E-state index contributed by atoms with van der Waals surface area (Å²) in [7, 11) is 0. The van der Waals surface area contributed by atoms with E-state index in [-0.39, 0.29) is 11.8 Å². The van der Waals surface area contributed by atoms with Gasteiger partial charge in [-0.2, -0.15) is 0 Å². The highest BCUT2D eigenvalue weighted by Gasteiger charge is 2.18. The number of benzene rings is 2. The predicted molar refractivity (Wildman–Crippen MR) is 103 cm³/mol. The van der Waals surface area contributed by atoms with E-state index in [1.807, 2.05) is 31.2 Å². The molecular weight excluding hydrogens is 310 g/mol. The van der Waals surface area contributed by atoms with Crippen LogP contribution in [-0.4, -0.2) is 18.6 Å². The van der Waals surface area contributed by atoms with E-state index in [0.717, 1.165) is 16.9 Å². The first-order chi connectivity index (χ1) is 11.9. The normalized spacial score (nSPS) is 13.4. The van der Waals surface area contributed by atoms with Gasteiger partial charge in [-0.3, -0.25) is 4.79 Å². The average molecular weight is 339 g/mol. The summed E-state index contributed by atoms with van der Waals surface area (Å²) in [6.45, 7) is 10.8. The largest absolute Gasteiger partial charge is 0.481 e. The second kappa shape index (κ2) is 8.70. The van der Waals surface area contributed by atoms with Crippen molar-refractivity contribution in [3.63, 3.8) is 0 Å². The summed E-state index contributed by atoms with van der Waals surface area (Å²) in [5.74, 6) is 1.33. The molecule has 1 N–H and O–H groups in total. The van der Waals surface area contributed by atoms with E-state index < -0.39 is 6.10 Å². The number of nitrogens with one attached hydrogen (secondary N) is 1. The van der Waals surface area contributed by atoms with E-state index >= 15 is 0 Å². The zero-order chi connectivity index (χ0) is 18.4. The van der Waals surface area contributed by atoms with E-state index in [9.17, 15) is 4.79 Å². The molecule has 0 heterocycles. The minimum Gasteiger partial charge on any atom is -0.481 e. The molecule has 0 aliphatic carbocycles.